The van der Waals surface area contributed by atoms with Gasteiger partial charge >= 0.3 is 0 Å². The van der Waals surface area contributed by atoms with Gasteiger partial charge in [-0.05, 0) is 55.5 Å². The predicted molar refractivity (Wildman–Crippen MR) is 146 cm³/mol. The number of nitrogens with one attached hydrogen (secondary N) is 2. The van der Waals surface area contributed by atoms with Crippen LogP contribution < -0.4 is 10.2 Å². The van der Waals surface area contributed by atoms with E-state index in [-0.39, 0.29) is 29.7 Å². The number of benzene rings is 1. The van der Waals surface area contributed by atoms with Gasteiger partial charge in [0.05, 0.1) is 11.5 Å². The van der Waals surface area contributed by atoms with Crippen LogP contribution in [0.1, 0.15) is 48.5 Å². The Morgan fingerprint density at radius 1 is 1.35 bits per heavy atom. The monoisotopic (exact) mass is 541 g/mol. The van der Waals surface area contributed by atoms with Crippen LogP contribution in [-0.4, -0.2) is 45.1 Å². The second-order valence-electron chi connectivity index (χ2n) is 10.4. The summed E-state index contributed by atoms with van der Waals surface area (Å²) < 4.78 is 20.4. The number of rotatable bonds is 9. The third kappa shape index (κ3) is 5.20. The van der Waals surface area contributed by atoms with Crippen molar-refractivity contribution in [3.05, 3.63) is 72.0 Å². The number of amides is 1. The maximum absolute atomic E-state index is 15.2. The molecule has 0 aliphatic carbocycles. The Morgan fingerprint density at radius 3 is 2.92 bits per heavy atom. The molecular weight excluding hydrogens is 513 g/mol. The summed E-state index contributed by atoms with van der Waals surface area (Å²) in [6.07, 6.45) is 4.32. The fraction of sp³-hybridized carbons (Fsp3) is 0.310. The maximum Gasteiger partial charge on any atom is 0.273 e. The minimum atomic E-state index is -0.929. The van der Waals surface area contributed by atoms with E-state index >= 15 is 4.39 Å². The summed E-state index contributed by atoms with van der Waals surface area (Å²) in [6.45, 7) is 8.24. The van der Waals surface area contributed by atoms with E-state index in [4.69, 9.17) is 4.52 Å². The molecule has 1 atom stereocenters. The number of ketones is 1. The zero-order valence-electron chi connectivity index (χ0n) is 22.2. The van der Waals surface area contributed by atoms with E-state index in [1.165, 1.54) is 18.2 Å². The summed E-state index contributed by atoms with van der Waals surface area (Å²) in [5.41, 5.74) is 1.37. The Morgan fingerprint density at radius 2 is 2.17 bits per heavy atom. The summed E-state index contributed by atoms with van der Waals surface area (Å²) in [4.78, 5) is 30.9. The largest absolute Gasteiger partial charge is 0.359 e. The second kappa shape index (κ2) is 10.7. The van der Waals surface area contributed by atoms with Gasteiger partial charge in [0.1, 0.15) is 11.2 Å². The van der Waals surface area contributed by atoms with E-state index in [0.29, 0.717) is 29.7 Å². The number of carbonyl (C=O) groups is 2. The van der Waals surface area contributed by atoms with Crippen LogP contribution in [0.3, 0.4) is 0 Å². The highest BCUT2D eigenvalue weighted by Crippen LogP contribution is 2.36. The number of H-pyrrole nitrogens is 1. The number of carbonyl (C=O) groups excluding carboxylic acids is 2. The molecular formula is C29H28FN7O3. The number of aromatic nitrogens is 4. The number of pyridine rings is 1. The van der Waals surface area contributed by atoms with Crippen molar-refractivity contribution >= 4 is 28.5 Å². The SMILES string of the molecule is C=CC(=O)C[C@@H]1CCN(c2n[nH]c3nccc(-c4ccc(CNC(=O)c5cc(C(C)(C)C#N)on5)c(F)c4)c23)C1. The van der Waals surface area contributed by atoms with Gasteiger partial charge in [-0.2, -0.15) is 10.4 Å². The van der Waals surface area contributed by atoms with Crippen LogP contribution in [0.5, 0.6) is 0 Å². The average Bonchev–Trinajstić information content (AvgIpc) is 3.72. The molecule has 2 N–H and O–H groups in total. The number of nitrogens with zero attached hydrogens (tertiary/aromatic N) is 5. The lowest BCUT2D eigenvalue weighted by Gasteiger charge is -2.17. The number of aromatic amines is 1. The van der Waals surface area contributed by atoms with Crippen LogP contribution in [0.15, 0.2) is 53.7 Å². The molecule has 1 aromatic carbocycles. The molecule has 0 saturated carbocycles. The molecule has 1 aliphatic heterocycles. The Hall–Kier alpha value is -4.85. The molecule has 4 aromatic rings. The molecule has 5 rings (SSSR count). The summed E-state index contributed by atoms with van der Waals surface area (Å²) in [5, 5.41) is 23.9. The van der Waals surface area contributed by atoms with Gasteiger partial charge in [-0.3, -0.25) is 14.7 Å². The van der Waals surface area contributed by atoms with Gasteiger partial charge in [0, 0.05) is 43.9 Å². The third-order valence-electron chi connectivity index (χ3n) is 7.19. The molecule has 1 saturated heterocycles. The van der Waals surface area contributed by atoms with E-state index in [1.807, 2.05) is 6.07 Å². The fourth-order valence-electron chi connectivity index (χ4n) is 4.82. The zero-order chi connectivity index (χ0) is 28.4. The molecule has 4 heterocycles. The Bertz CT molecular complexity index is 1650. The van der Waals surface area contributed by atoms with Gasteiger partial charge in [-0.25, -0.2) is 9.37 Å². The van der Waals surface area contributed by atoms with Gasteiger partial charge in [-0.1, -0.05) is 23.9 Å². The van der Waals surface area contributed by atoms with Crippen molar-refractivity contribution in [3.63, 3.8) is 0 Å². The molecule has 10 nitrogen and oxygen atoms in total. The number of allylic oxidation sites excluding steroid dienone is 1. The first-order valence-corrected chi connectivity index (χ1v) is 12.9. The summed E-state index contributed by atoms with van der Waals surface area (Å²) >= 11 is 0. The fourth-order valence-corrected chi connectivity index (χ4v) is 4.82. The van der Waals surface area contributed by atoms with E-state index in [2.05, 4.69) is 43.2 Å². The normalized spacial score (nSPS) is 15.2. The van der Waals surface area contributed by atoms with Crippen LogP contribution in [0.2, 0.25) is 0 Å². The standard InChI is InChI=1S/C29H28FN7O3/c1-4-20(38)11-17-8-10-37(15-17)27-25-21(7-9-32-26(25)34-35-27)18-5-6-19(22(30)12-18)14-33-28(39)23-13-24(40-36-23)29(2,3)16-31/h4-7,9,12-13,17H,1,8,10-11,14-15H2,2-3H3,(H,33,39)(H,32,34,35)/t17-/m0/s1. The van der Waals surface area contributed by atoms with Crippen molar-refractivity contribution in [3.8, 4) is 17.2 Å². The number of nitriles is 1. The first kappa shape index (κ1) is 26.7. The Kier molecular flexibility index (Phi) is 7.17. The van der Waals surface area contributed by atoms with Crippen molar-refractivity contribution in [1.29, 1.82) is 5.26 Å². The summed E-state index contributed by atoms with van der Waals surface area (Å²) in [7, 11) is 0. The topological polar surface area (TPSA) is 141 Å². The molecule has 3 aromatic heterocycles. The predicted octanol–water partition coefficient (Wildman–Crippen LogP) is 4.45. The van der Waals surface area contributed by atoms with Crippen molar-refractivity contribution < 1.29 is 18.5 Å². The van der Waals surface area contributed by atoms with Crippen molar-refractivity contribution in [2.24, 2.45) is 5.92 Å². The molecule has 204 valence electrons. The molecule has 0 spiro atoms. The van der Waals surface area contributed by atoms with Crippen molar-refractivity contribution in [1.82, 2.24) is 25.7 Å². The highest BCUT2D eigenvalue weighted by Gasteiger charge is 2.29. The molecule has 11 heteroatoms. The van der Waals surface area contributed by atoms with E-state index in [1.54, 1.807) is 32.2 Å². The van der Waals surface area contributed by atoms with Crippen LogP contribution in [-0.2, 0) is 16.8 Å². The van der Waals surface area contributed by atoms with Gasteiger partial charge in [-0.15, -0.1) is 0 Å². The summed E-state index contributed by atoms with van der Waals surface area (Å²) in [5.74, 6) is 0.211. The average molecular weight is 542 g/mol. The molecule has 1 fully saturated rings. The van der Waals surface area contributed by atoms with Gasteiger partial charge in [0.25, 0.3) is 5.91 Å². The van der Waals surface area contributed by atoms with Crippen molar-refractivity contribution in [2.75, 3.05) is 18.0 Å². The summed E-state index contributed by atoms with van der Waals surface area (Å²) in [6, 6.07) is 10.2. The van der Waals surface area contributed by atoms with Gasteiger partial charge in [0.15, 0.2) is 28.7 Å². The number of anilines is 1. The third-order valence-corrected chi connectivity index (χ3v) is 7.19. The molecule has 1 aliphatic rings. The van der Waals surface area contributed by atoms with Crippen LogP contribution in [0, 0.1) is 23.1 Å². The van der Waals surface area contributed by atoms with Crippen LogP contribution >= 0.6 is 0 Å². The first-order chi connectivity index (χ1) is 19.2. The molecule has 0 unspecified atom stereocenters. The van der Waals surface area contributed by atoms with Crippen molar-refractivity contribution in [2.45, 2.75) is 38.6 Å². The zero-order valence-corrected chi connectivity index (χ0v) is 22.2. The maximum atomic E-state index is 15.2. The van der Waals surface area contributed by atoms with Crippen LogP contribution in [0.4, 0.5) is 10.2 Å². The van der Waals surface area contributed by atoms with E-state index in [0.717, 1.165) is 29.7 Å². The van der Waals surface area contributed by atoms with Crippen LogP contribution in [0.25, 0.3) is 22.2 Å². The highest BCUT2D eigenvalue weighted by atomic mass is 19.1. The minimum Gasteiger partial charge on any atom is -0.359 e. The minimum absolute atomic E-state index is 0.0139. The molecule has 1 amide bonds. The highest BCUT2D eigenvalue weighted by molar-refractivity contribution is 6.01. The molecule has 0 radical (unpaired) electrons. The molecule has 40 heavy (non-hydrogen) atoms. The smallest absolute Gasteiger partial charge is 0.273 e. The number of hydrogen-bond donors (Lipinski definition) is 2. The number of hydrogen-bond acceptors (Lipinski definition) is 8. The number of fused-ring (bicyclic) bond motifs is 1. The van der Waals surface area contributed by atoms with Gasteiger partial charge < -0.3 is 14.7 Å². The van der Waals surface area contributed by atoms with E-state index in [9.17, 15) is 14.9 Å². The molecule has 0 bridgehead atoms. The lowest BCUT2D eigenvalue weighted by molar-refractivity contribution is -0.115. The Labute approximate surface area is 229 Å². The van der Waals surface area contributed by atoms with Gasteiger partial charge in [0.2, 0.25) is 0 Å². The lowest BCUT2D eigenvalue weighted by Crippen LogP contribution is -2.23. The second-order valence-corrected chi connectivity index (χ2v) is 10.4. The lowest BCUT2D eigenvalue weighted by atomic mass is 9.92. The number of halogens is 1. The quantitative estimate of drug-likeness (QED) is 0.296. The Balaban J connectivity index is 1.33. The first-order valence-electron chi connectivity index (χ1n) is 12.9. The van der Waals surface area contributed by atoms with E-state index < -0.39 is 17.1 Å².